The van der Waals surface area contributed by atoms with Gasteiger partial charge in [-0.05, 0) is 235 Å². The first-order valence-electron chi connectivity index (χ1n) is 45.9. The Balaban J connectivity index is 0.951. The van der Waals surface area contributed by atoms with E-state index >= 15 is 0 Å². The molecular weight excluding hydrogens is 1490 g/mol. The molecule has 0 radical (unpaired) electrons. The maximum atomic E-state index is 12.1. The molecule has 0 fully saturated rings. The Kier molecular flexibility index (Phi) is 17.0. The highest BCUT2D eigenvalue weighted by Crippen LogP contribution is 2.57. The van der Waals surface area contributed by atoms with Gasteiger partial charge in [0.15, 0.2) is 0 Å². The zero-order valence-corrected chi connectivity index (χ0v) is 71.0. The van der Waals surface area contributed by atoms with Crippen molar-refractivity contribution in [3.63, 3.8) is 0 Å². The lowest BCUT2D eigenvalue weighted by molar-refractivity contribution is 0.339. The van der Waals surface area contributed by atoms with Crippen molar-refractivity contribution in [3.8, 4) is 55.9 Å². The standard InChI is InChI=1S/C116H97BN6/c1-77(114(2,3)4)82-67-109-111-110(68-82)123(113-97(80-43-23-13-24-44-80)71-84(116(8,9)10)72-98(113)81-45-25-14-26-46-81)108-76-92(121-104-58-38-36-56-94(104)100-74-90(62-66-106(100)121)119(87-51-31-17-32-52-87)88-53-33-18-34-54-88)60-64-102(108)117(111)101-63-59-91(75-107(101)122(109)112-95(78-39-19-11-20-40-78)69-83(115(5,6)7)70-96(112)79-41-21-12-22-42-79)120-103-57-37-35-55-93(103)99-73-89(61-65-105(99)120)118(85-47-27-15-28-48-85)86-49-29-16-30-50-86/h11-77H,1-10H3/i59D,60D,63D,64D,75D,76D. The van der Waals surface area contributed by atoms with Crippen molar-refractivity contribution in [2.75, 3.05) is 19.6 Å². The van der Waals surface area contributed by atoms with E-state index in [2.05, 4.69) is 413 Å². The number of aromatic nitrogens is 2. The van der Waals surface area contributed by atoms with Crippen LogP contribution in [0.3, 0.4) is 0 Å². The molecule has 594 valence electrons. The van der Waals surface area contributed by atoms with Gasteiger partial charge in [0.2, 0.25) is 0 Å². The van der Waals surface area contributed by atoms with Crippen LogP contribution in [0, 0.1) is 5.41 Å². The summed E-state index contributed by atoms with van der Waals surface area (Å²) in [6, 6.07) is 126. The molecule has 2 aliphatic rings. The number of para-hydroxylation sites is 6. The second kappa shape index (κ2) is 30.1. The molecule has 0 N–H and O–H groups in total. The van der Waals surface area contributed by atoms with Crippen LogP contribution < -0.4 is 36.0 Å². The Morgan fingerprint density at radius 2 is 0.585 bits per heavy atom. The van der Waals surface area contributed by atoms with Crippen molar-refractivity contribution in [2.24, 2.45) is 5.41 Å². The van der Waals surface area contributed by atoms with E-state index < -0.39 is 17.5 Å². The maximum Gasteiger partial charge on any atom is 0.252 e. The number of rotatable bonds is 15. The van der Waals surface area contributed by atoms with E-state index in [1.165, 1.54) is 0 Å². The van der Waals surface area contributed by atoms with Gasteiger partial charge < -0.3 is 28.7 Å². The van der Waals surface area contributed by atoms with Crippen LogP contribution in [0.5, 0.6) is 0 Å². The largest absolute Gasteiger partial charge is 0.310 e. The highest BCUT2D eigenvalue weighted by atomic mass is 15.2. The number of fused-ring (bicyclic) bond motifs is 10. The Morgan fingerprint density at radius 1 is 0.293 bits per heavy atom. The minimum atomic E-state index is -1.19. The average molecular weight is 1590 g/mol. The van der Waals surface area contributed by atoms with Gasteiger partial charge in [0.25, 0.3) is 6.71 Å². The molecule has 2 aromatic heterocycles. The van der Waals surface area contributed by atoms with Gasteiger partial charge in [-0.2, -0.15) is 0 Å². The van der Waals surface area contributed by atoms with Crippen LogP contribution >= 0.6 is 0 Å². The van der Waals surface area contributed by atoms with E-state index in [1.54, 1.807) is 0 Å². The lowest BCUT2D eigenvalue weighted by atomic mass is 9.33. The summed E-state index contributed by atoms with van der Waals surface area (Å²) in [4.78, 5) is 9.12. The van der Waals surface area contributed by atoms with Crippen molar-refractivity contribution < 1.29 is 8.22 Å². The van der Waals surface area contributed by atoms with Crippen LogP contribution in [0.2, 0.25) is 0 Å². The van der Waals surface area contributed by atoms with Crippen molar-refractivity contribution >= 4 is 135 Å². The zero-order chi connectivity index (χ0) is 88.8. The molecule has 123 heavy (non-hydrogen) atoms. The van der Waals surface area contributed by atoms with E-state index in [4.69, 9.17) is 0 Å². The molecule has 4 heterocycles. The van der Waals surface area contributed by atoms with Crippen LogP contribution in [0.25, 0.3) is 99.5 Å². The summed E-state index contributed by atoms with van der Waals surface area (Å²) < 4.78 is 74.7. The molecule has 0 saturated heterocycles. The number of benzene rings is 17. The van der Waals surface area contributed by atoms with Gasteiger partial charge in [0.05, 0.1) is 41.7 Å². The summed E-state index contributed by atoms with van der Waals surface area (Å²) >= 11 is 0. The molecule has 7 heteroatoms. The van der Waals surface area contributed by atoms with Crippen LogP contribution in [-0.4, -0.2) is 15.8 Å². The summed E-state index contributed by atoms with van der Waals surface area (Å²) in [5.41, 5.74) is 23.2. The molecule has 19 aromatic rings. The molecule has 1 atom stereocenters. The first-order valence-corrected chi connectivity index (χ1v) is 42.9. The highest BCUT2D eigenvalue weighted by Gasteiger charge is 2.47. The summed E-state index contributed by atoms with van der Waals surface area (Å²) in [7, 11) is 0. The Bertz CT molecular complexity index is 7000. The second-order valence-electron chi connectivity index (χ2n) is 36.1. The molecule has 21 rings (SSSR count). The zero-order valence-electron chi connectivity index (χ0n) is 77.0. The van der Waals surface area contributed by atoms with Crippen LogP contribution in [0.4, 0.5) is 68.2 Å². The Morgan fingerprint density at radius 3 is 0.894 bits per heavy atom. The van der Waals surface area contributed by atoms with Gasteiger partial charge >= 0.3 is 0 Å². The van der Waals surface area contributed by atoms with Crippen molar-refractivity contribution in [1.82, 2.24) is 9.13 Å². The molecule has 0 amide bonds. The fourth-order valence-corrected chi connectivity index (χ4v) is 18.8. The van der Waals surface area contributed by atoms with Crippen LogP contribution in [-0.2, 0) is 10.8 Å². The van der Waals surface area contributed by atoms with Crippen molar-refractivity contribution in [1.29, 1.82) is 0 Å². The monoisotopic (exact) mass is 1590 g/mol. The Hall–Kier alpha value is -14.4. The third-order valence-corrected chi connectivity index (χ3v) is 25.4. The number of hydrogen-bond donors (Lipinski definition) is 0. The van der Waals surface area contributed by atoms with Gasteiger partial charge in [-0.3, -0.25) is 0 Å². The summed E-state index contributed by atoms with van der Waals surface area (Å²) in [6.45, 7) is 21.5. The normalized spacial score (nSPS) is 13.6. The Labute approximate surface area is 731 Å². The molecule has 2 aliphatic heterocycles. The molecule has 17 aromatic carbocycles. The predicted octanol–water partition coefficient (Wildman–Crippen LogP) is 30.3. The SMILES string of the molecule is [2H]c1c([2H])c(-n2c3ccccc3c3cc(N(c4ccccc4)c4ccccc4)ccc32)c([2H])c2c1B1c3c(cc(C(C)C(C)(C)C)cc3N(c3c(-c4ccccc4)cc(C(C)(C)C)cc3-c3ccccc3)c3c([2H])c(-n4c5ccccc5c5cc(N(c6ccccc6)c6ccccc6)ccc54)c([2H])c([2H])c31)N2c1c(-c2ccccc2)cc(C(C)(C)C)cc1-c1ccccc1. The molecule has 6 nitrogen and oxygen atoms in total. The smallest absolute Gasteiger partial charge is 0.252 e. The summed E-state index contributed by atoms with van der Waals surface area (Å²) in [5, 5.41) is 3.57. The minimum Gasteiger partial charge on any atom is -0.310 e. The number of nitrogens with zero attached hydrogens (tertiary/aromatic N) is 6. The topological polar surface area (TPSA) is 22.8 Å². The molecule has 0 spiro atoms. The fourth-order valence-electron chi connectivity index (χ4n) is 18.8. The quantitative estimate of drug-likeness (QED) is 0.0954. The van der Waals surface area contributed by atoms with Crippen molar-refractivity contribution in [2.45, 2.75) is 86.0 Å². The lowest BCUT2D eigenvalue weighted by Crippen LogP contribution is -2.61. The molecule has 1 unspecified atom stereocenters. The summed E-state index contributed by atoms with van der Waals surface area (Å²) in [6.07, 6.45) is 0. The number of anilines is 12. The lowest BCUT2D eigenvalue weighted by Gasteiger charge is -2.47. The maximum absolute atomic E-state index is 12.1. The third kappa shape index (κ3) is 13.2. The third-order valence-electron chi connectivity index (χ3n) is 25.4. The predicted molar refractivity (Wildman–Crippen MR) is 526 cm³/mol. The first-order chi connectivity index (χ1) is 62.4. The van der Waals surface area contributed by atoms with E-state index in [1.807, 2.05) is 48.5 Å². The van der Waals surface area contributed by atoms with Crippen molar-refractivity contribution in [3.05, 3.63) is 417 Å². The van der Waals surface area contributed by atoms with Gasteiger partial charge in [-0.25, -0.2) is 0 Å². The van der Waals surface area contributed by atoms with E-state index in [9.17, 15) is 8.22 Å². The number of hydrogen-bond acceptors (Lipinski definition) is 4. The molecular formula is C116H97BN6. The van der Waals surface area contributed by atoms with E-state index in [-0.39, 0.29) is 59.0 Å². The van der Waals surface area contributed by atoms with Gasteiger partial charge in [-0.15, -0.1) is 0 Å². The first kappa shape index (κ1) is 69.4. The fraction of sp³-hybridized carbons (Fsp3) is 0.121. The van der Waals surface area contributed by atoms with E-state index in [0.29, 0.717) is 39.1 Å². The van der Waals surface area contributed by atoms with Crippen LogP contribution in [0.15, 0.2) is 400 Å². The van der Waals surface area contributed by atoms with Gasteiger partial charge in [0.1, 0.15) is 0 Å². The molecule has 0 aliphatic carbocycles. The molecule has 0 saturated carbocycles. The van der Waals surface area contributed by atoms with Gasteiger partial charge in [0, 0.05) is 112 Å². The highest BCUT2D eigenvalue weighted by molar-refractivity contribution is 7.00. The summed E-state index contributed by atoms with van der Waals surface area (Å²) in [5.74, 6) is -0.189. The van der Waals surface area contributed by atoms with E-state index in [0.717, 1.165) is 150 Å². The van der Waals surface area contributed by atoms with Crippen LogP contribution in [0.1, 0.15) is 100 Å². The van der Waals surface area contributed by atoms with Gasteiger partial charge in [-0.1, -0.05) is 312 Å². The second-order valence-corrected chi connectivity index (χ2v) is 36.1. The minimum absolute atomic E-state index is 0.0186. The average Bonchev–Trinajstić information content (AvgIpc) is 0.934. The molecule has 0 bridgehead atoms.